The Kier molecular flexibility index (Phi) is 2.28. The first kappa shape index (κ1) is 9.00. The molecule has 1 heterocycles. The van der Waals surface area contributed by atoms with Crippen LogP contribution in [0, 0.1) is 5.92 Å². The Morgan fingerprint density at radius 2 is 2.31 bits per heavy atom. The summed E-state index contributed by atoms with van der Waals surface area (Å²) in [4.78, 5) is 13.5. The highest BCUT2D eigenvalue weighted by molar-refractivity contribution is 5.80. The molecule has 0 spiro atoms. The van der Waals surface area contributed by atoms with Crippen LogP contribution in [0.2, 0.25) is 0 Å². The Hall–Kier alpha value is -0.570. The van der Waals surface area contributed by atoms with Crippen LogP contribution >= 0.6 is 0 Å². The van der Waals surface area contributed by atoms with Gasteiger partial charge in [-0.2, -0.15) is 0 Å². The molecule has 74 valence electrons. The Morgan fingerprint density at radius 1 is 1.62 bits per heavy atom. The fraction of sp³-hybridized carbons (Fsp3) is 0.900. The molecule has 1 saturated heterocycles. The smallest absolute Gasteiger partial charge is 0.238 e. The Morgan fingerprint density at radius 3 is 2.77 bits per heavy atom. The fourth-order valence-electron chi connectivity index (χ4n) is 2.22. The topological polar surface area (TPSA) is 32.3 Å². The lowest BCUT2D eigenvalue weighted by Crippen LogP contribution is -2.41. The van der Waals surface area contributed by atoms with Gasteiger partial charge < -0.3 is 4.90 Å². The van der Waals surface area contributed by atoms with E-state index in [1.54, 1.807) is 0 Å². The van der Waals surface area contributed by atoms with Gasteiger partial charge in [-0.1, -0.05) is 12.8 Å². The lowest BCUT2D eigenvalue weighted by molar-refractivity contribution is -0.129. The number of nitrogens with zero attached hydrogens (tertiary/aromatic N) is 1. The van der Waals surface area contributed by atoms with Gasteiger partial charge in [0.05, 0.1) is 12.7 Å². The van der Waals surface area contributed by atoms with Crippen LogP contribution in [0.3, 0.4) is 0 Å². The zero-order valence-electron chi connectivity index (χ0n) is 8.42. The molecule has 2 rings (SSSR count). The molecular weight excluding hydrogens is 164 g/mol. The Bertz CT molecular complexity index is 213. The summed E-state index contributed by atoms with van der Waals surface area (Å²) in [5.74, 6) is 1.16. The van der Waals surface area contributed by atoms with Gasteiger partial charge in [0.15, 0.2) is 0 Å². The molecule has 1 saturated carbocycles. The summed E-state index contributed by atoms with van der Waals surface area (Å²) in [6, 6.07) is 0.421. The van der Waals surface area contributed by atoms with Gasteiger partial charge in [-0.25, -0.2) is 0 Å². The number of rotatable bonds is 3. The number of hydrogen-bond acceptors (Lipinski definition) is 2. The molecule has 0 aromatic heterocycles. The summed E-state index contributed by atoms with van der Waals surface area (Å²) in [6.45, 7) is 4.75. The maximum atomic E-state index is 11.5. The van der Waals surface area contributed by atoms with E-state index in [0.717, 1.165) is 5.92 Å². The lowest BCUT2D eigenvalue weighted by atomic mass is 10.1. The summed E-state index contributed by atoms with van der Waals surface area (Å²) in [5.41, 5.74) is 0. The average molecular weight is 182 g/mol. The van der Waals surface area contributed by atoms with Crippen molar-refractivity contribution in [1.29, 1.82) is 0 Å². The quantitative estimate of drug-likeness (QED) is 0.705. The van der Waals surface area contributed by atoms with E-state index >= 15 is 0 Å². The molecule has 1 amide bonds. The van der Waals surface area contributed by atoms with Crippen LogP contribution < -0.4 is 5.32 Å². The lowest BCUT2D eigenvalue weighted by Gasteiger charge is -2.28. The molecule has 0 aromatic carbocycles. The highest BCUT2D eigenvalue weighted by Crippen LogP contribution is 2.35. The van der Waals surface area contributed by atoms with Crippen molar-refractivity contribution in [3.05, 3.63) is 0 Å². The van der Waals surface area contributed by atoms with E-state index in [1.807, 2.05) is 4.90 Å². The molecule has 0 aromatic rings. The van der Waals surface area contributed by atoms with Gasteiger partial charge in [0.1, 0.15) is 0 Å². The highest BCUT2D eigenvalue weighted by atomic mass is 16.2. The van der Waals surface area contributed by atoms with Gasteiger partial charge in [0.2, 0.25) is 5.91 Å². The van der Waals surface area contributed by atoms with Crippen molar-refractivity contribution in [2.24, 2.45) is 5.92 Å². The third kappa shape index (κ3) is 1.85. The van der Waals surface area contributed by atoms with Crippen LogP contribution in [-0.2, 0) is 4.79 Å². The molecule has 3 nitrogen and oxygen atoms in total. The molecule has 2 atom stereocenters. The molecule has 13 heavy (non-hydrogen) atoms. The van der Waals surface area contributed by atoms with Crippen molar-refractivity contribution >= 4 is 5.91 Å². The number of amides is 1. The number of nitrogens with one attached hydrogen (secondary N) is 1. The van der Waals surface area contributed by atoms with Crippen LogP contribution in [-0.4, -0.2) is 29.6 Å². The van der Waals surface area contributed by atoms with E-state index in [4.69, 9.17) is 0 Å². The molecule has 3 heteroatoms. The molecule has 2 unspecified atom stereocenters. The monoisotopic (exact) mass is 182 g/mol. The van der Waals surface area contributed by atoms with Crippen molar-refractivity contribution in [2.75, 3.05) is 6.54 Å². The minimum Gasteiger partial charge on any atom is -0.324 e. The molecule has 1 N–H and O–H groups in total. The standard InChI is InChI=1S/C10H18N2O/c1-7(5-9-3-4-9)12-8(2)11-6-10(12)13/h7-9,11H,3-6H2,1-2H3. The van der Waals surface area contributed by atoms with Crippen molar-refractivity contribution in [3.8, 4) is 0 Å². The first-order valence-corrected chi connectivity index (χ1v) is 5.23. The zero-order chi connectivity index (χ0) is 9.42. The van der Waals surface area contributed by atoms with E-state index in [9.17, 15) is 4.79 Å². The van der Waals surface area contributed by atoms with Crippen LogP contribution in [0.4, 0.5) is 0 Å². The minimum atomic E-state index is 0.237. The highest BCUT2D eigenvalue weighted by Gasteiger charge is 2.34. The summed E-state index contributed by atoms with van der Waals surface area (Å²) in [6.07, 6.45) is 4.17. The summed E-state index contributed by atoms with van der Waals surface area (Å²) >= 11 is 0. The van der Waals surface area contributed by atoms with Crippen LogP contribution in [0.1, 0.15) is 33.1 Å². The Balaban J connectivity index is 1.92. The number of carbonyl (C=O) groups excluding carboxylic acids is 1. The van der Waals surface area contributed by atoms with Crippen molar-refractivity contribution in [3.63, 3.8) is 0 Å². The molecule has 2 fully saturated rings. The van der Waals surface area contributed by atoms with Gasteiger partial charge in [-0.15, -0.1) is 0 Å². The van der Waals surface area contributed by atoms with Crippen molar-refractivity contribution < 1.29 is 4.79 Å². The normalized spacial score (nSPS) is 31.1. The van der Waals surface area contributed by atoms with E-state index < -0.39 is 0 Å². The van der Waals surface area contributed by atoms with Gasteiger partial charge in [0.25, 0.3) is 0 Å². The molecule has 0 radical (unpaired) electrons. The predicted octanol–water partition coefficient (Wildman–Crippen LogP) is 0.953. The SMILES string of the molecule is CC(CC1CC1)N1C(=O)CNC1C. The molecular formula is C10H18N2O. The summed E-state index contributed by atoms with van der Waals surface area (Å²) < 4.78 is 0. The summed E-state index contributed by atoms with van der Waals surface area (Å²) in [5, 5.41) is 3.17. The third-order valence-electron chi connectivity index (χ3n) is 3.10. The molecule has 2 aliphatic rings. The van der Waals surface area contributed by atoms with Crippen molar-refractivity contribution in [2.45, 2.75) is 45.3 Å². The number of carbonyl (C=O) groups is 1. The van der Waals surface area contributed by atoms with Crippen LogP contribution in [0.5, 0.6) is 0 Å². The minimum absolute atomic E-state index is 0.237. The van der Waals surface area contributed by atoms with Crippen molar-refractivity contribution in [1.82, 2.24) is 10.2 Å². The largest absolute Gasteiger partial charge is 0.324 e. The first-order valence-electron chi connectivity index (χ1n) is 5.23. The second-order valence-electron chi connectivity index (χ2n) is 4.39. The first-order chi connectivity index (χ1) is 6.18. The number of hydrogen-bond donors (Lipinski definition) is 1. The molecule has 0 bridgehead atoms. The van der Waals surface area contributed by atoms with E-state index in [0.29, 0.717) is 12.6 Å². The average Bonchev–Trinajstić information content (AvgIpc) is 2.79. The second-order valence-corrected chi connectivity index (χ2v) is 4.39. The van der Waals surface area contributed by atoms with E-state index in [2.05, 4.69) is 19.2 Å². The van der Waals surface area contributed by atoms with Gasteiger partial charge in [0, 0.05) is 6.04 Å². The maximum Gasteiger partial charge on any atom is 0.238 e. The van der Waals surface area contributed by atoms with Gasteiger partial charge in [-0.3, -0.25) is 10.1 Å². The van der Waals surface area contributed by atoms with E-state index in [1.165, 1.54) is 19.3 Å². The molecule has 1 aliphatic carbocycles. The van der Waals surface area contributed by atoms with Gasteiger partial charge in [-0.05, 0) is 26.2 Å². The third-order valence-corrected chi connectivity index (χ3v) is 3.10. The van der Waals surface area contributed by atoms with Gasteiger partial charge >= 0.3 is 0 Å². The maximum absolute atomic E-state index is 11.5. The van der Waals surface area contributed by atoms with Crippen LogP contribution in [0.25, 0.3) is 0 Å². The zero-order valence-corrected chi connectivity index (χ0v) is 8.42. The van der Waals surface area contributed by atoms with Crippen LogP contribution in [0.15, 0.2) is 0 Å². The molecule has 1 aliphatic heterocycles. The predicted molar refractivity (Wildman–Crippen MR) is 51.1 cm³/mol. The fourth-order valence-corrected chi connectivity index (χ4v) is 2.22. The second kappa shape index (κ2) is 3.29. The Labute approximate surface area is 79.5 Å². The summed E-state index contributed by atoms with van der Waals surface area (Å²) in [7, 11) is 0. The van der Waals surface area contributed by atoms with E-state index in [-0.39, 0.29) is 12.1 Å².